The minimum absolute atomic E-state index is 0.155. The van der Waals surface area contributed by atoms with Gasteiger partial charge in [0.1, 0.15) is 6.42 Å². The third-order valence-electron chi connectivity index (χ3n) is 4.74. The number of amides is 2. The van der Waals surface area contributed by atoms with E-state index in [2.05, 4.69) is 53.4 Å². The van der Waals surface area contributed by atoms with Crippen molar-refractivity contribution in [3.63, 3.8) is 0 Å². The molecule has 0 radical (unpaired) electrons. The minimum atomic E-state index is -0.455. The molecule has 136 valence electrons. The Morgan fingerprint density at radius 2 is 1.38 bits per heavy atom. The average molecular weight is 352 g/mol. The number of hydrazine groups is 1. The summed E-state index contributed by atoms with van der Waals surface area (Å²) in [4.78, 5) is 27.6. The summed E-state index contributed by atoms with van der Waals surface area (Å²) in [6.07, 6.45) is -0.197. The van der Waals surface area contributed by atoms with E-state index in [0.29, 0.717) is 13.1 Å². The molecule has 6 heteroatoms. The lowest BCUT2D eigenvalue weighted by atomic mass is 9.96. The SMILES string of the molecule is NNC(=O)CC(=O)N1CCN(C(c2ccccc2)c2ccccc2)CC1. The molecule has 1 fully saturated rings. The fourth-order valence-corrected chi connectivity index (χ4v) is 3.41. The van der Waals surface area contributed by atoms with Gasteiger partial charge >= 0.3 is 0 Å². The maximum Gasteiger partial charge on any atom is 0.243 e. The van der Waals surface area contributed by atoms with Crippen molar-refractivity contribution >= 4 is 11.8 Å². The second kappa shape index (κ2) is 8.60. The Morgan fingerprint density at radius 3 is 1.85 bits per heavy atom. The lowest BCUT2D eigenvalue weighted by Gasteiger charge is -2.39. The van der Waals surface area contributed by atoms with Crippen LogP contribution in [0.5, 0.6) is 0 Å². The predicted octanol–water partition coefficient (Wildman–Crippen LogP) is 1.30. The van der Waals surface area contributed by atoms with Crippen molar-refractivity contribution in [1.29, 1.82) is 0 Å². The summed E-state index contributed by atoms with van der Waals surface area (Å²) >= 11 is 0. The Hall–Kier alpha value is -2.70. The lowest BCUT2D eigenvalue weighted by Crippen LogP contribution is -2.50. The molecule has 0 spiro atoms. The van der Waals surface area contributed by atoms with Crippen LogP contribution in [-0.2, 0) is 9.59 Å². The first-order chi connectivity index (χ1) is 12.7. The van der Waals surface area contributed by atoms with Crippen LogP contribution in [-0.4, -0.2) is 47.8 Å². The molecule has 2 aromatic carbocycles. The topological polar surface area (TPSA) is 78.7 Å². The van der Waals surface area contributed by atoms with Crippen LogP contribution in [0.1, 0.15) is 23.6 Å². The normalized spacial score (nSPS) is 15.1. The zero-order chi connectivity index (χ0) is 18.4. The summed E-state index contributed by atoms with van der Waals surface area (Å²) in [5, 5.41) is 0. The Morgan fingerprint density at radius 1 is 0.885 bits per heavy atom. The Kier molecular flexibility index (Phi) is 5.99. The molecule has 0 aliphatic carbocycles. The molecule has 0 atom stereocenters. The molecule has 2 aromatic rings. The smallest absolute Gasteiger partial charge is 0.243 e. The zero-order valence-electron chi connectivity index (χ0n) is 14.7. The third kappa shape index (κ3) is 4.28. The highest BCUT2D eigenvalue weighted by Crippen LogP contribution is 2.29. The van der Waals surface area contributed by atoms with E-state index in [9.17, 15) is 9.59 Å². The van der Waals surface area contributed by atoms with Crippen LogP contribution in [0.3, 0.4) is 0 Å². The highest BCUT2D eigenvalue weighted by atomic mass is 16.2. The molecule has 1 aliphatic rings. The van der Waals surface area contributed by atoms with Crippen molar-refractivity contribution in [3.05, 3.63) is 71.8 Å². The van der Waals surface area contributed by atoms with Crippen LogP contribution in [0.4, 0.5) is 0 Å². The first-order valence-electron chi connectivity index (χ1n) is 8.80. The lowest BCUT2D eigenvalue weighted by molar-refractivity contribution is -0.137. The second-order valence-corrected chi connectivity index (χ2v) is 6.38. The first-order valence-corrected chi connectivity index (χ1v) is 8.80. The number of hydrogen-bond acceptors (Lipinski definition) is 4. The quantitative estimate of drug-likeness (QED) is 0.368. The molecular weight excluding hydrogens is 328 g/mol. The number of hydrogen-bond donors (Lipinski definition) is 2. The van der Waals surface area contributed by atoms with E-state index in [-0.39, 0.29) is 18.4 Å². The molecule has 0 aromatic heterocycles. The van der Waals surface area contributed by atoms with Crippen molar-refractivity contribution in [1.82, 2.24) is 15.2 Å². The van der Waals surface area contributed by atoms with Crippen LogP contribution in [0.2, 0.25) is 0 Å². The van der Waals surface area contributed by atoms with E-state index >= 15 is 0 Å². The van der Waals surface area contributed by atoms with Gasteiger partial charge in [-0.25, -0.2) is 5.84 Å². The van der Waals surface area contributed by atoms with Crippen molar-refractivity contribution in [2.45, 2.75) is 12.5 Å². The molecule has 2 amide bonds. The van der Waals surface area contributed by atoms with Crippen LogP contribution >= 0.6 is 0 Å². The van der Waals surface area contributed by atoms with E-state index in [1.54, 1.807) is 4.90 Å². The maximum atomic E-state index is 12.2. The number of nitrogens with two attached hydrogens (primary N) is 1. The Bertz CT molecular complexity index is 688. The Labute approximate surface area is 153 Å². The maximum absolute atomic E-state index is 12.2. The van der Waals surface area contributed by atoms with Crippen LogP contribution in [0, 0.1) is 0 Å². The largest absolute Gasteiger partial charge is 0.340 e. The van der Waals surface area contributed by atoms with Gasteiger partial charge in [0.15, 0.2) is 0 Å². The molecule has 6 nitrogen and oxygen atoms in total. The molecule has 3 N–H and O–H groups in total. The van der Waals surface area contributed by atoms with E-state index in [1.165, 1.54) is 11.1 Å². The van der Waals surface area contributed by atoms with Crippen LogP contribution < -0.4 is 11.3 Å². The number of piperazine rings is 1. The van der Waals surface area contributed by atoms with E-state index in [1.807, 2.05) is 17.6 Å². The summed E-state index contributed by atoms with van der Waals surface area (Å²) in [6, 6.07) is 21.0. The number of carbonyl (C=O) groups is 2. The Balaban J connectivity index is 1.72. The van der Waals surface area contributed by atoms with Gasteiger partial charge in [0.05, 0.1) is 6.04 Å². The predicted molar refractivity (Wildman–Crippen MR) is 99.8 cm³/mol. The molecule has 1 saturated heterocycles. The second-order valence-electron chi connectivity index (χ2n) is 6.38. The van der Waals surface area contributed by atoms with Crippen molar-refractivity contribution in [2.75, 3.05) is 26.2 Å². The summed E-state index contributed by atoms with van der Waals surface area (Å²) in [6.45, 7) is 2.72. The van der Waals surface area contributed by atoms with E-state index in [0.717, 1.165) is 13.1 Å². The number of carbonyl (C=O) groups excluding carboxylic acids is 2. The average Bonchev–Trinajstić information content (AvgIpc) is 2.70. The fourth-order valence-electron chi connectivity index (χ4n) is 3.41. The summed E-state index contributed by atoms with van der Waals surface area (Å²) < 4.78 is 0. The van der Waals surface area contributed by atoms with Gasteiger partial charge in [-0.15, -0.1) is 0 Å². The monoisotopic (exact) mass is 352 g/mol. The van der Waals surface area contributed by atoms with Crippen molar-refractivity contribution < 1.29 is 9.59 Å². The summed E-state index contributed by atoms with van der Waals surface area (Å²) in [5.74, 6) is 4.43. The first kappa shape index (κ1) is 18.1. The highest BCUT2D eigenvalue weighted by molar-refractivity contribution is 5.96. The molecule has 3 rings (SSSR count). The van der Waals surface area contributed by atoms with Gasteiger partial charge in [0, 0.05) is 26.2 Å². The highest BCUT2D eigenvalue weighted by Gasteiger charge is 2.28. The van der Waals surface area contributed by atoms with Gasteiger partial charge in [0.25, 0.3) is 0 Å². The number of rotatable bonds is 5. The molecule has 0 saturated carbocycles. The van der Waals surface area contributed by atoms with E-state index < -0.39 is 5.91 Å². The number of nitrogens with one attached hydrogen (secondary N) is 1. The standard InChI is InChI=1S/C20H24N4O2/c21-22-18(25)15-19(26)23-11-13-24(14-12-23)20(16-7-3-1-4-8-16)17-9-5-2-6-10-17/h1-10,20H,11-15,21H2,(H,22,25). The number of nitrogens with zero attached hydrogens (tertiary/aromatic N) is 2. The molecule has 26 heavy (non-hydrogen) atoms. The molecule has 1 heterocycles. The molecule has 0 bridgehead atoms. The third-order valence-corrected chi connectivity index (χ3v) is 4.74. The molecular formula is C20H24N4O2. The minimum Gasteiger partial charge on any atom is -0.340 e. The molecule has 0 unspecified atom stereocenters. The fraction of sp³-hybridized carbons (Fsp3) is 0.300. The van der Waals surface area contributed by atoms with Gasteiger partial charge in [-0.2, -0.15) is 0 Å². The van der Waals surface area contributed by atoms with Crippen molar-refractivity contribution in [2.24, 2.45) is 5.84 Å². The van der Waals surface area contributed by atoms with Crippen molar-refractivity contribution in [3.8, 4) is 0 Å². The number of benzene rings is 2. The van der Waals surface area contributed by atoms with E-state index in [4.69, 9.17) is 5.84 Å². The van der Waals surface area contributed by atoms with Crippen LogP contribution in [0.25, 0.3) is 0 Å². The summed E-state index contributed by atoms with van der Waals surface area (Å²) in [5.41, 5.74) is 4.48. The molecule has 1 aliphatic heterocycles. The van der Waals surface area contributed by atoms with Gasteiger partial charge < -0.3 is 4.90 Å². The zero-order valence-corrected chi connectivity index (χ0v) is 14.7. The van der Waals surface area contributed by atoms with Gasteiger partial charge in [-0.05, 0) is 11.1 Å². The summed E-state index contributed by atoms with van der Waals surface area (Å²) in [7, 11) is 0. The van der Waals surface area contributed by atoms with Gasteiger partial charge in [-0.3, -0.25) is 19.9 Å². The van der Waals surface area contributed by atoms with Gasteiger partial charge in [-0.1, -0.05) is 60.7 Å². The van der Waals surface area contributed by atoms with Crippen LogP contribution in [0.15, 0.2) is 60.7 Å². The van der Waals surface area contributed by atoms with Gasteiger partial charge in [0.2, 0.25) is 11.8 Å².